The molecule has 3 aromatic rings. The minimum Gasteiger partial charge on any atom is -0.502 e. The van der Waals surface area contributed by atoms with Crippen molar-refractivity contribution in [2.24, 2.45) is 0 Å². The normalized spacial score (nSPS) is 13.6. The Kier molecular flexibility index (Phi) is 12.1. The van der Waals surface area contributed by atoms with Crippen LogP contribution in [0.25, 0.3) is 0 Å². The van der Waals surface area contributed by atoms with Crippen molar-refractivity contribution >= 4 is 5.97 Å². The minimum absolute atomic E-state index is 0.0439. The lowest BCUT2D eigenvalue weighted by atomic mass is 9.92. The Bertz CT molecular complexity index is 1430. The van der Waals surface area contributed by atoms with E-state index in [1.165, 1.54) is 44.4 Å². The topological polar surface area (TPSA) is 108 Å². The molecule has 0 saturated heterocycles. The predicted octanol–water partition coefficient (Wildman–Crippen LogP) is 6.36. The van der Waals surface area contributed by atoms with Crippen LogP contribution in [-0.2, 0) is 29.0 Å². The molecule has 4 rings (SSSR count). The maximum atomic E-state index is 12.9. The second kappa shape index (κ2) is 16.2. The highest BCUT2D eigenvalue weighted by Gasteiger charge is 2.28. The first kappa shape index (κ1) is 32.9. The van der Waals surface area contributed by atoms with Crippen molar-refractivity contribution < 1.29 is 33.3 Å². The molecule has 0 spiro atoms. The first-order chi connectivity index (χ1) is 21.4. The zero-order valence-corrected chi connectivity index (χ0v) is 26.4. The highest BCUT2D eigenvalue weighted by Crippen LogP contribution is 2.36. The molecule has 1 N–H and O–H groups in total. The number of carbonyl (C=O) groups excluding carboxylic acids is 1. The van der Waals surface area contributed by atoms with E-state index in [1.54, 1.807) is 14.2 Å². The zero-order chi connectivity index (χ0) is 31.5. The molecule has 2 heterocycles. The molecule has 9 heteroatoms. The van der Waals surface area contributed by atoms with E-state index in [2.05, 4.69) is 11.8 Å². The van der Waals surface area contributed by atoms with Gasteiger partial charge in [-0.25, -0.2) is 0 Å². The summed E-state index contributed by atoms with van der Waals surface area (Å²) < 4.78 is 28.0. The summed E-state index contributed by atoms with van der Waals surface area (Å²) >= 11 is 0. The summed E-state index contributed by atoms with van der Waals surface area (Å²) in [6.07, 6.45) is 7.79. The van der Waals surface area contributed by atoms with Crippen LogP contribution in [0.3, 0.4) is 0 Å². The number of hydrogen-bond acceptors (Lipinski definition) is 9. The van der Waals surface area contributed by atoms with E-state index in [9.17, 15) is 14.7 Å². The highest BCUT2D eigenvalue weighted by molar-refractivity contribution is 5.71. The quantitative estimate of drug-likeness (QED) is 0.147. The number of benzene rings is 2. The van der Waals surface area contributed by atoms with Crippen LogP contribution >= 0.6 is 0 Å². The van der Waals surface area contributed by atoms with Gasteiger partial charge in [0, 0.05) is 19.2 Å². The summed E-state index contributed by atoms with van der Waals surface area (Å²) in [6.45, 7) is 4.57. The third kappa shape index (κ3) is 8.56. The summed E-state index contributed by atoms with van der Waals surface area (Å²) in [5, 5.41) is 10.8. The van der Waals surface area contributed by atoms with Crippen molar-refractivity contribution in [3.8, 4) is 23.0 Å². The van der Waals surface area contributed by atoms with E-state index < -0.39 is 23.1 Å². The van der Waals surface area contributed by atoms with Crippen LogP contribution in [-0.4, -0.2) is 50.5 Å². The monoisotopic (exact) mass is 607 g/mol. The van der Waals surface area contributed by atoms with E-state index in [-0.39, 0.29) is 12.2 Å². The number of rotatable bonds is 16. The lowest BCUT2D eigenvalue weighted by Crippen LogP contribution is -2.30. The van der Waals surface area contributed by atoms with Crippen LogP contribution in [0.5, 0.6) is 23.0 Å². The number of hydrogen-bond donors (Lipinski definition) is 1. The molecule has 44 heavy (non-hydrogen) atoms. The van der Waals surface area contributed by atoms with Crippen LogP contribution in [0.4, 0.5) is 0 Å². The van der Waals surface area contributed by atoms with Crippen molar-refractivity contribution in [2.45, 2.75) is 77.3 Å². The number of nitrogens with zero attached hydrogens (tertiary/aromatic N) is 1. The van der Waals surface area contributed by atoms with Crippen molar-refractivity contribution in [1.82, 2.24) is 4.90 Å². The second-order valence-electron chi connectivity index (χ2n) is 11.2. The summed E-state index contributed by atoms with van der Waals surface area (Å²) in [6, 6.07) is 12.6. The predicted molar refractivity (Wildman–Crippen MR) is 168 cm³/mol. The van der Waals surface area contributed by atoms with Gasteiger partial charge in [0.25, 0.3) is 0 Å². The number of carbonyl (C=O) groups is 1. The van der Waals surface area contributed by atoms with E-state index in [0.717, 1.165) is 37.1 Å². The number of ether oxygens (including phenoxy) is 4. The molecule has 2 aromatic carbocycles. The van der Waals surface area contributed by atoms with Crippen molar-refractivity contribution in [1.29, 1.82) is 0 Å². The molecule has 1 aliphatic heterocycles. The van der Waals surface area contributed by atoms with Gasteiger partial charge in [-0.3, -0.25) is 14.5 Å². The largest absolute Gasteiger partial charge is 0.502 e. The SMILES string of the molecule is CCCCCCCCOc1ccc([C@@H](CC(=O)OC)c2oc(CN3CCc4cc(OC)c(OC)cc4C3)cc(=O)c2O)cc1. The Morgan fingerprint density at radius 2 is 1.64 bits per heavy atom. The van der Waals surface area contributed by atoms with Crippen molar-refractivity contribution in [2.75, 3.05) is 34.5 Å². The molecule has 1 aromatic heterocycles. The van der Waals surface area contributed by atoms with E-state index in [1.807, 2.05) is 36.4 Å². The Labute approximate surface area is 259 Å². The average molecular weight is 608 g/mol. The average Bonchev–Trinajstić information content (AvgIpc) is 3.04. The standard InChI is InChI=1S/C35H45NO8/c1-5-6-7-8-9-10-17-43-27-13-11-24(12-14-27)29(21-33(38)42-4)35-34(39)30(37)20-28(44-35)23-36-16-15-25-18-31(40-2)32(41-3)19-26(25)22-36/h11-14,18-20,29,39H,5-10,15-17,21-23H2,1-4H3/t29-/m1/s1. The number of fused-ring (bicyclic) bond motifs is 1. The molecule has 0 bridgehead atoms. The van der Waals surface area contributed by atoms with E-state index in [4.69, 9.17) is 23.4 Å². The third-order valence-corrected chi connectivity index (χ3v) is 8.14. The minimum atomic E-state index is -0.721. The van der Waals surface area contributed by atoms with Gasteiger partial charge in [-0.15, -0.1) is 0 Å². The lowest BCUT2D eigenvalue weighted by molar-refractivity contribution is -0.140. The second-order valence-corrected chi connectivity index (χ2v) is 11.2. The molecule has 0 unspecified atom stereocenters. The first-order valence-corrected chi connectivity index (χ1v) is 15.5. The van der Waals surface area contributed by atoms with Gasteiger partial charge >= 0.3 is 5.97 Å². The number of aromatic hydroxyl groups is 1. The van der Waals surface area contributed by atoms with Crippen LogP contribution in [0.15, 0.2) is 51.7 Å². The first-order valence-electron chi connectivity index (χ1n) is 15.5. The third-order valence-electron chi connectivity index (χ3n) is 8.14. The van der Waals surface area contributed by atoms with Gasteiger partial charge in [0.2, 0.25) is 11.2 Å². The molecule has 0 amide bonds. The fourth-order valence-corrected chi connectivity index (χ4v) is 5.65. The maximum Gasteiger partial charge on any atom is 0.306 e. The zero-order valence-electron chi connectivity index (χ0n) is 26.4. The molecule has 1 atom stereocenters. The molecule has 0 radical (unpaired) electrons. The van der Waals surface area contributed by atoms with E-state index >= 15 is 0 Å². The molecule has 0 aliphatic carbocycles. The molecule has 9 nitrogen and oxygen atoms in total. The number of methoxy groups -OCH3 is 3. The summed E-state index contributed by atoms with van der Waals surface area (Å²) in [5.41, 5.74) is 2.44. The van der Waals surface area contributed by atoms with Crippen molar-refractivity contribution in [3.05, 3.63) is 80.9 Å². The number of esters is 1. The lowest BCUT2D eigenvalue weighted by Gasteiger charge is -2.29. The summed E-state index contributed by atoms with van der Waals surface area (Å²) in [4.78, 5) is 27.5. The van der Waals surface area contributed by atoms with Crippen LogP contribution in [0.2, 0.25) is 0 Å². The van der Waals surface area contributed by atoms with Crippen LogP contribution in [0, 0.1) is 0 Å². The van der Waals surface area contributed by atoms with E-state index in [0.29, 0.717) is 42.5 Å². The van der Waals surface area contributed by atoms with Crippen molar-refractivity contribution in [3.63, 3.8) is 0 Å². The Hall–Kier alpha value is -3.98. The fourth-order valence-electron chi connectivity index (χ4n) is 5.65. The Morgan fingerprint density at radius 3 is 2.32 bits per heavy atom. The molecule has 0 fully saturated rings. The van der Waals surface area contributed by atoms with Crippen LogP contribution in [0.1, 0.15) is 86.0 Å². The molecule has 0 saturated carbocycles. The Balaban J connectivity index is 1.50. The number of unbranched alkanes of at least 4 members (excludes halogenated alkanes) is 5. The Morgan fingerprint density at radius 1 is 0.955 bits per heavy atom. The summed E-state index contributed by atoms with van der Waals surface area (Å²) in [5.74, 6) is 0.816. The maximum absolute atomic E-state index is 12.9. The van der Waals surface area contributed by atoms with Gasteiger partial charge in [0.15, 0.2) is 17.3 Å². The van der Waals surface area contributed by atoms with Gasteiger partial charge in [-0.2, -0.15) is 0 Å². The molecular weight excluding hydrogens is 562 g/mol. The van der Waals surface area contributed by atoms with Gasteiger partial charge in [-0.05, 0) is 53.8 Å². The highest BCUT2D eigenvalue weighted by atomic mass is 16.5. The summed E-state index contributed by atoms with van der Waals surface area (Å²) in [7, 11) is 4.54. The van der Waals surface area contributed by atoms with Gasteiger partial charge in [0.05, 0.1) is 46.8 Å². The molecule has 1 aliphatic rings. The van der Waals surface area contributed by atoms with Gasteiger partial charge < -0.3 is 28.5 Å². The smallest absolute Gasteiger partial charge is 0.306 e. The fraction of sp³-hybridized carbons (Fsp3) is 0.486. The molecule has 238 valence electrons. The van der Waals surface area contributed by atoms with Gasteiger partial charge in [-0.1, -0.05) is 51.2 Å². The van der Waals surface area contributed by atoms with Gasteiger partial charge in [0.1, 0.15) is 11.5 Å². The van der Waals surface area contributed by atoms with Crippen LogP contribution < -0.4 is 19.6 Å². The molecular formula is C35H45NO8.